The SMILES string of the molecule is Cc1ccc(C(=O)O)cc1NC(=O)C(C)Sc1ccc(N)cc1. The summed E-state index contributed by atoms with van der Waals surface area (Å²) in [5.41, 5.74) is 7.78. The van der Waals surface area contributed by atoms with Gasteiger partial charge in [0.2, 0.25) is 5.91 Å². The van der Waals surface area contributed by atoms with Crippen LogP contribution in [0.3, 0.4) is 0 Å². The van der Waals surface area contributed by atoms with E-state index in [9.17, 15) is 9.59 Å². The van der Waals surface area contributed by atoms with Gasteiger partial charge in [0.05, 0.1) is 10.8 Å². The van der Waals surface area contributed by atoms with Crippen LogP contribution in [0.15, 0.2) is 47.4 Å². The number of nitrogens with one attached hydrogen (secondary N) is 1. The predicted molar refractivity (Wildman–Crippen MR) is 92.9 cm³/mol. The molecular formula is C17H18N2O3S. The Hall–Kier alpha value is -2.47. The minimum atomic E-state index is -1.02. The number of nitrogens with two attached hydrogens (primary N) is 1. The molecule has 23 heavy (non-hydrogen) atoms. The summed E-state index contributed by atoms with van der Waals surface area (Å²) in [7, 11) is 0. The van der Waals surface area contributed by atoms with Crippen LogP contribution in [-0.4, -0.2) is 22.2 Å². The van der Waals surface area contributed by atoms with Gasteiger partial charge in [-0.2, -0.15) is 0 Å². The number of thioether (sulfide) groups is 1. The van der Waals surface area contributed by atoms with Gasteiger partial charge in [0.25, 0.3) is 0 Å². The summed E-state index contributed by atoms with van der Waals surface area (Å²) < 4.78 is 0. The third kappa shape index (κ3) is 4.50. The molecule has 0 aromatic heterocycles. The fourth-order valence-electron chi connectivity index (χ4n) is 1.93. The zero-order valence-corrected chi connectivity index (χ0v) is 13.7. The molecule has 1 amide bonds. The molecule has 1 atom stereocenters. The number of aromatic carboxylic acids is 1. The Kier molecular flexibility index (Phi) is 5.28. The third-order valence-corrected chi connectivity index (χ3v) is 4.42. The lowest BCUT2D eigenvalue weighted by Gasteiger charge is -2.14. The maximum atomic E-state index is 12.3. The lowest BCUT2D eigenvalue weighted by molar-refractivity contribution is -0.115. The van der Waals surface area contributed by atoms with Crippen LogP contribution >= 0.6 is 11.8 Å². The van der Waals surface area contributed by atoms with Crippen molar-refractivity contribution in [1.29, 1.82) is 0 Å². The molecule has 2 aromatic carbocycles. The summed E-state index contributed by atoms with van der Waals surface area (Å²) in [5, 5.41) is 11.5. The summed E-state index contributed by atoms with van der Waals surface area (Å²) in [5.74, 6) is -1.21. The Morgan fingerprint density at radius 2 is 1.83 bits per heavy atom. The van der Waals surface area contributed by atoms with E-state index < -0.39 is 5.97 Å². The number of amides is 1. The van der Waals surface area contributed by atoms with Crippen LogP contribution in [0.2, 0.25) is 0 Å². The average Bonchev–Trinajstić information content (AvgIpc) is 2.51. The lowest BCUT2D eigenvalue weighted by atomic mass is 10.1. The Balaban J connectivity index is 2.07. The number of benzene rings is 2. The van der Waals surface area contributed by atoms with Crippen LogP contribution in [-0.2, 0) is 4.79 Å². The normalized spacial score (nSPS) is 11.7. The number of hydrogen-bond donors (Lipinski definition) is 3. The average molecular weight is 330 g/mol. The molecule has 2 aromatic rings. The number of hydrogen-bond acceptors (Lipinski definition) is 4. The fourth-order valence-corrected chi connectivity index (χ4v) is 2.80. The van der Waals surface area contributed by atoms with E-state index >= 15 is 0 Å². The van der Waals surface area contributed by atoms with Crippen molar-refractivity contribution >= 4 is 35.0 Å². The van der Waals surface area contributed by atoms with E-state index in [-0.39, 0.29) is 16.7 Å². The van der Waals surface area contributed by atoms with Gasteiger partial charge in [0.1, 0.15) is 0 Å². The van der Waals surface area contributed by atoms with Crippen molar-refractivity contribution in [3.05, 3.63) is 53.6 Å². The van der Waals surface area contributed by atoms with E-state index in [2.05, 4.69) is 5.32 Å². The zero-order chi connectivity index (χ0) is 17.0. The van der Waals surface area contributed by atoms with Crippen LogP contribution in [0.25, 0.3) is 0 Å². The molecule has 0 bridgehead atoms. The van der Waals surface area contributed by atoms with Crippen LogP contribution in [0.5, 0.6) is 0 Å². The van der Waals surface area contributed by atoms with Gasteiger partial charge < -0.3 is 16.2 Å². The number of rotatable bonds is 5. The second kappa shape index (κ2) is 7.19. The summed E-state index contributed by atoms with van der Waals surface area (Å²) in [6.45, 7) is 3.62. The molecule has 4 N–H and O–H groups in total. The topological polar surface area (TPSA) is 92.4 Å². The molecule has 0 heterocycles. The van der Waals surface area contributed by atoms with Crippen molar-refractivity contribution in [3.63, 3.8) is 0 Å². The molecule has 0 saturated carbocycles. The van der Waals surface area contributed by atoms with Gasteiger partial charge >= 0.3 is 5.97 Å². The number of carboxylic acid groups (broad SMARTS) is 1. The first-order chi connectivity index (χ1) is 10.9. The van der Waals surface area contributed by atoms with Crippen molar-refractivity contribution < 1.29 is 14.7 Å². The number of aryl methyl sites for hydroxylation is 1. The Morgan fingerprint density at radius 3 is 2.43 bits per heavy atom. The largest absolute Gasteiger partial charge is 0.478 e. The van der Waals surface area contributed by atoms with E-state index in [1.54, 1.807) is 25.1 Å². The Morgan fingerprint density at radius 1 is 1.17 bits per heavy atom. The molecule has 6 heteroatoms. The first-order valence-electron chi connectivity index (χ1n) is 7.04. The van der Waals surface area contributed by atoms with Gasteiger partial charge in [-0.1, -0.05) is 6.07 Å². The van der Waals surface area contributed by atoms with Crippen molar-refractivity contribution in [2.45, 2.75) is 24.0 Å². The Labute approximate surface area is 138 Å². The quantitative estimate of drug-likeness (QED) is 0.577. The predicted octanol–water partition coefficient (Wildman–Crippen LogP) is 3.39. The number of carbonyl (C=O) groups excluding carboxylic acids is 1. The number of carboxylic acids is 1. The van der Waals surface area contributed by atoms with E-state index in [0.717, 1.165) is 10.5 Å². The molecule has 5 nitrogen and oxygen atoms in total. The number of nitrogen functional groups attached to an aromatic ring is 1. The Bertz CT molecular complexity index is 729. The van der Waals surface area contributed by atoms with Crippen LogP contribution in [0.1, 0.15) is 22.8 Å². The molecule has 0 aliphatic heterocycles. The van der Waals surface area contributed by atoms with Crippen LogP contribution in [0.4, 0.5) is 11.4 Å². The molecule has 0 spiro atoms. The van der Waals surface area contributed by atoms with Crippen molar-refractivity contribution in [1.82, 2.24) is 0 Å². The van der Waals surface area contributed by atoms with E-state index in [1.807, 2.05) is 19.1 Å². The second-order valence-corrected chi connectivity index (χ2v) is 6.57. The monoisotopic (exact) mass is 330 g/mol. The van der Waals surface area contributed by atoms with Crippen molar-refractivity contribution in [2.75, 3.05) is 11.1 Å². The molecule has 2 rings (SSSR count). The highest BCUT2D eigenvalue weighted by Crippen LogP contribution is 2.25. The van der Waals surface area contributed by atoms with Crippen molar-refractivity contribution in [2.24, 2.45) is 0 Å². The highest BCUT2D eigenvalue weighted by Gasteiger charge is 2.16. The standard InChI is InChI=1S/C17H18N2O3S/c1-10-3-4-12(17(21)22)9-15(10)19-16(20)11(2)23-14-7-5-13(18)6-8-14/h3-9,11H,18H2,1-2H3,(H,19,20)(H,21,22). The van der Waals surface area contributed by atoms with Gasteiger partial charge in [-0.15, -0.1) is 11.8 Å². The maximum Gasteiger partial charge on any atom is 0.335 e. The summed E-state index contributed by atoms with van der Waals surface area (Å²) in [6, 6.07) is 12.0. The minimum absolute atomic E-state index is 0.143. The van der Waals surface area contributed by atoms with Gasteiger partial charge in [-0.3, -0.25) is 4.79 Å². The zero-order valence-electron chi connectivity index (χ0n) is 12.9. The van der Waals surface area contributed by atoms with Gasteiger partial charge in [-0.25, -0.2) is 4.79 Å². The summed E-state index contributed by atoms with van der Waals surface area (Å²) >= 11 is 1.41. The third-order valence-electron chi connectivity index (χ3n) is 3.30. The van der Waals surface area contributed by atoms with Gasteiger partial charge in [0.15, 0.2) is 0 Å². The molecule has 1 unspecified atom stereocenters. The van der Waals surface area contributed by atoms with Crippen molar-refractivity contribution in [3.8, 4) is 0 Å². The van der Waals surface area contributed by atoms with E-state index in [0.29, 0.717) is 11.4 Å². The maximum absolute atomic E-state index is 12.3. The number of carbonyl (C=O) groups is 2. The molecule has 120 valence electrons. The first kappa shape index (κ1) is 16.9. The summed E-state index contributed by atoms with van der Waals surface area (Å²) in [4.78, 5) is 24.3. The molecule has 0 saturated heterocycles. The van der Waals surface area contributed by atoms with E-state index in [1.165, 1.54) is 23.9 Å². The van der Waals surface area contributed by atoms with Crippen LogP contribution < -0.4 is 11.1 Å². The van der Waals surface area contributed by atoms with Gasteiger partial charge in [-0.05, 0) is 55.8 Å². The molecular weight excluding hydrogens is 312 g/mol. The molecule has 0 aliphatic carbocycles. The fraction of sp³-hybridized carbons (Fsp3) is 0.176. The first-order valence-corrected chi connectivity index (χ1v) is 7.92. The minimum Gasteiger partial charge on any atom is -0.478 e. The summed E-state index contributed by atoms with van der Waals surface area (Å²) in [6.07, 6.45) is 0. The molecule has 0 fully saturated rings. The van der Waals surface area contributed by atoms with Gasteiger partial charge in [0, 0.05) is 16.3 Å². The smallest absolute Gasteiger partial charge is 0.335 e. The lowest BCUT2D eigenvalue weighted by Crippen LogP contribution is -2.23. The van der Waals surface area contributed by atoms with Crippen LogP contribution in [0, 0.1) is 6.92 Å². The molecule has 0 aliphatic rings. The highest BCUT2D eigenvalue weighted by atomic mass is 32.2. The van der Waals surface area contributed by atoms with E-state index in [4.69, 9.17) is 10.8 Å². The number of anilines is 2. The molecule has 0 radical (unpaired) electrons. The highest BCUT2D eigenvalue weighted by molar-refractivity contribution is 8.00. The second-order valence-electron chi connectivity index (χ2n) is 5.15.